The van der Waals surface area contributed by atoms with Crippen LogP contribution < -0.4 is 0 Å². The minimum absolute atomic E-state index is 0.930. The number of hydrogen-bond acceptors (Lipinski definition) is 0. The first-order chi connectivity index (χ1) is 11.1. The number of hydrogen-bond donors (Lipinski definition) is 0. The van der Waals surface area contributed by atoms with Crippen molar-refractivity contribution in [3.8, 4) is 0 Å². The average Bonchev–Trinajstić information content (AvgIpc) is 3.07. The predicted molar refractivity (Wildman–Crippen MR) is 108 cm³/mol. The Morgan fingerprint density at radius 2 is 1.39 bits per heavy atom. The molecule has 0 bridgehead atoms. The van der Waals surface area contributed by atoms with E-state index in [1.54, 1.807) is 0 Å². The summed E-state index contributed by atoms with van der Waals surface area (Å²) in [5.74, 6) is 5.02. The average molecular weight is 325 g/mol. The number of unbranched alkanes of at least 4 members (excludes halogenated alkanes) is 2. The van der Waals surface area contributed by atoms with Crippen LogP contribution in [0.4, 0.5) is 0 Å². The van der Waals surface area contributed by atoms with E-state index in [0.29, 0.717) is 0 Å². The maximum absolute atomic E-state index is 2.55. The van der Waals surface area contributed by atoms with Crippen molar-refractivity contribution in [2.75, 3.05) is 0 Å². The summed E-state index contributed by atoms with van der Waals surface area (Å²) in [6.07, 6.45) is 16.0. The molecule has 23 heavy (non-hydrogen) atoms. The normalized spacial score (nSPS) is 24.7. The quantitative estimate of drug-likeness (QED) is 0.357. The molecule has 0 heterocycles. The van der Waals surface area contributed by atoms with Crippen LogP contribution in [0.1, 0.15) is 119 Å². The fourth-order valence-electron chi connectivity index (χ4n) is 4.71. The Morgan fingerprint density at radius 1 is 0.826 bits per heavy atom. The van der Waals surface area contributed by atoms with Crippen LogP contribution >= 0.6 is 0 Å². The Balaban J connectivity index is 0.00000232. The maximum atomic E-state index is 2.55. The first-order valence-electron chi connectivity index (χ1n) is 11.1. The van der Waals surface area contributed by atoms with Gasteiger partial charge in [-0.3, -0.25) is 0 Å². The third kappa shape index (κ3) is 8.59. The zero-order valence-corrected chi connectivity index (χ0v) is 17.7. The molecule has 1 fully saturated rings. The van der Waals surface area contributed by atoms with Crippen LogP contribution in [0.3, 0.4) is 0 Å². The van der Waals surface area contributed by atoms with Crippen molar-refractivity contribution in [3.05, 3.63) is 0 Å². The molecule has 1 rings (SSSR count). The van der Waals surface area contributed by atoms with Crippen molar-refractivity contribution in [1.29, 1.82) is 0 Å². The Bertz CT molecular complexity index is 244. The Morgan fingerprint density at radius 3 is 1.96 bits per heavy atom. The SMILES string of the molecule is CC.CCCCC(C)C1CCCC1C(CCCC)CC(C)CC. The van der Waals surface area contributed by atoms with E-state index >= 15 is 0 Å². The summed E-state index contributed by atoms with van der Waals surface area (Å²) < 4.78 is 0. The van der Waals surface area contributed by atoms with Crippen LogP contribution in [0, 0.1) is 29.6 Å². The molecule has 1 saturated carbocycles. The second-order valence-corrected chi connectivity index (χ2v) is 8.03. The first-order valence-corrected chi connectivity index (χ1v) is 11.1. The van der Waals surface area contributed by atoms with E-state index in [1.165, 1.54) is 70.6 Å². The van der Waals surface area contributed by atoms with Crippen molar-refractivity contribution in [1.82, 2.24) is 0 Å². The summed E-state index contributed by atoms with van der Waals surface area (Å²) in [4.78, 5) is 0. The molecule has 0 aliphatic heterocycles. The molecular formula is C23H48. The zero-order valence-electron chi connectivity index (χ0n) is 17.7. The van der Waals surface area contributed by atoms with Gasteiger partial charge < -0.3 is 0 Å². The molecule has 1 aliphatic carbocycles. The Kier molecular flexibility index (Phi) is 14.4. The minimum Gasteiger partial charge on any atom is -0.0683 e. The molecular weight excluding hydrogens is 276 g/mol. The Hall–Kier alpha value is 0. The van der Waals surface area contributed by atoms with Crippen molar-refractivity contribution in [3.63, 3.8) is 0 Å². The monoisotopic (exact) mass is 324 g/mol. The second kappa shape index (κ2) is 14.4. The lowest BCUT2D eigenvalue weighted by molar-refractivity contribution is 0.159. The summed E-state index contributed by atoms with van der Waals surface area (Å²) in [6.45, 7) is 16.1. The summed E-state index contributed by atoms with van der Waals surface area (Å²) in [6, 6.07) is 0. The molecule has 140 valence electrons. The van der Waals surface area contributed by atoms with Crippen LogP contribution in [0.25, 0.3) is 0 Å². The highest BCUT2D eigenvalue weighted by Crippen LogP contribution is 2.46. The lowest BCUT2D eigenvalue weighted by Crippen LogP contribution is -2.25. The molecule has 0 aromatic rings. The molecule has 5 unspecified atom stereocenters. The van der Waals surface area contributed by atoms with E-state index in [4.69, 9.17) is 0 Å². The molecule has 0 N–H and O–H groups in total. The van der Waals surface area contributed by atoms with Crippen molar-refractivity contribution in [2.24, 2.45) is 29.6 Å². The van der Waals surface area contributed by atoms with Gasteiger partial charge in [-0.25, -0.2) is 0 Å². The van der Waals surface area contributed by atoms with Gasteiger partial charge in [0.05, 0.1) is 0 Å². The molecule has 0 amide bonds. The molecule has 0 saturated heterocycles. The van der Waals surface area contributed by atoms with Gasteiger partial charge in [-0.05, 0) is 48.9 Å². The van der Waals surface area contributed by atoms with E-state index in [1.807, 2.05) is 13.8 Å². The van der Waals surface area contributed by atoms with Gasteiger partial charge in [0, 0.05) is 0 Å². The second-order valence-electron chi connectivity index (χ2n) is 8.03. The van der Waals surface area contributed by atoms with E-state index in [2.05, 4.69) is 34.6 Å². The van der Waals surface area contributed by atoms with Gasteiger partial charge in [0.2, 0.25) is 0 Å². The van der Waals surface area contributed by atoms with E-state index in [0.717, 1.165) is 29.6 Å². The van der Waals surface area contributed by atoms with Gasteiger partial charge >= 0.3 is 0 Å². The van der Waals surface area contributed by atoms with Crippen LogP contribution in [-0.2, 0) is 0 Å². The van der Waals surface area contributed by atoms with Gasteiger partial charge in [0.25, 0.3) is 0 Å². The smallest absolute Gasteiger partial charge is 0.0355 e. The molecule has 5 atom stereocenters. The van der Waals surface area contributed by atoms with E-state index < -0.39 is 0 Å². The first kappa shape index (κ1) is 23.0. The van der Waals surface area contributed by atoms with Gasteiger partial charge in [-0.2, -0.15) is 0 Å². The maximum Gasteiger partial charge on any atom is -0.0355 e. The van der Waals surface area contributed by atoms with Gasteiger partial charge in [0.1, 0.15) is 0 Å². The summed E-state index contributed by atoms with van der Waals surface area (Å²) >= 11 is 0. The standard InChI is InChI=1S/C21H42.C2H6/c1-6-9-12-18(5)20-14-11-15-21(20)19(13-10-7-2)16-17(4)8-3;1-2/h17-21H,6-16H2,1-5H3;1-2H3. The highest BCUT2D eigenvalue weighted by atomic mass is 14.4. The molecule has 0 spiro atoms. The van der Waals surface area contributed by atoms with Crippen LogP contribution in [0.5, 0.6) is 0 Å². The lowest BCUT2D eigenvalue weighted by Gasteiger charge is -2.34. The van der Waals surface area contributed by atoms with Crippen molar-refractivity contribution in [2.45, 2.75) is 119 Å². The van der Waals surface area contributed by atoms with Crippen LogP contribution in [0.2, 0.25) is 0 Å². The van der Waals surface area contributed by atoms with Gasteiger partial charge in [0.15, 0.2) is 0 Å². The van der Waals surface area contributed by atoms with Gasteiger partial charge in [-0.1, -0.05) is 99.8 Å². The third-order valence-electron chi connectivity index (χ3n) is 6.30. The van der Waals surface area contributed by atoms with Crippen molar-refractivity contribution < 1.29 is 0 Å². The fraction of sp³-hybridized carbons (Fsp3) is 1.00. The molecule has 0 radical (unpaired) electrons. The predicted octanol–water partition coefficient (Wildman–Crippen LogP) is 8.50. The topological polar surface area (TPSA) is 0 Å². The largest absolute Gasteiger partial charge is 0.0683 e. The van der Waals surface area contributed by atoms with Crippen molar-refractivity contribution >= 4 is 0 Å². The van der Waals surface area contributed by atoms with E-state index in [9.17, 15) is 0 Å². The van der Waals surface area contributed by atoms with E-state index in [-0.39, 0.29) is 0 Å². The number of rotatable bonds is 11. The molecule has 0 aromatic heterocycles. The summed E-state index contributed by atoms with van der Waals surface area (Å²) in [5, 5.41) is 0. The lowest BCUT2D eigenvalue weighted by atomic mass is 9.72. The highest BCUT2D eigenvalue weighted by molar-refractivity contribution is 4.86. The molecule has 0 heteroatoms. The van der Waals surface area contributed by atoms with Crippen LogP contribution in [-0.4, -0.2) is 0 Å². The highest BCUT2D eigenvalue weighted by Gasteiger charge is 2.36. The zero-order chi connectivity index (χ0) is 17.7. The molecule has 1 aliphatic rings. The van der Waals surface area contributed by atoms with Gasteiger partial charge in [-0.15, -0.1) is 0 Å². The molecule has 0 nitrogen and oxygen atoms in total. The molecule has 0 aromatic carbocycles. The van der Waals surface area contributed by atoms with Crippen LogP contribution in [0.15, 0.2) is 0 Å². The minimum atomic E-state index is 0.930. The Labute approximate surface area is 149 Å². The summed E-state index contributed by atoms with van der Waals surface area (Å²) in [7, 11) is 0. The summed E-state index contributed by atoms with van der Waals surface area (Å²) in [5.41, 5.74) is 0. The third-order valence-corrected chi connectivity index (χ3v) is 6.30. The fourth-order valence-corrected chi connectivity index (χ4v) is 4.71.